The first-order valence-electron chi connectivity index (χ1n) is 5.96. The van der Waals surface area contributed by atoms with Crippen molar-refractivity contribution in [3.8, 4) is 0 Å². The van der Waals surface area contributed by atoms with Crippen LogP contribution in [0.15, 0.2) is 6.20 Å². The number of aromatic amines is 1. The van der Waals surface area contributed by atoms with Crippen LogP contribution in [0.2, 0.25) is 0 Å². The molecule has 1 unspecified atom stereocenters. The van der Waals surface area contributed by atoms with Gasteiger partial charge in [-0.15, -0.1) is 0 Å². The summed E-state index contributed by atoms with van der Waals surface area (Å²) in [5, 5.41) is 3.34. The van der Waals surface area contributed by atoms with Crippen LogP contribution in [0, 0.1) is 5.92 Å². The van der Waals surface area contributed by atoms with Crippen molar-refractivity contribution in [1.82, 2.24) is 15.3 Å². The van der Waals surface area contributed by atoms with E-state index in [9.17, 15) is 0 Å². The molecule has 2 N–H and O–H groups in total. The molecule has 0 saturated heterocycles. The number of aromatic nitrogens is 2. The number of methoxy groups -OCH3 is 1. The Kier molecular flexibility index (Phi) is 5.49. The molecule has 0 aliphatic carbocycles. The number of hydrogen-bond donors (Lipinski definition) is 2. The number of ether oxygens (including phenoxy) is 1. The van der Waals surface area contributed by atoms with E-state index in [1.807, 2.05) is 6.20 Å². The summed E-state index contributed by atoms with van der Waals surface area (Å²) in [5.74, 6) is 1.35. The van der Waals surface area contributed by atoms with Crippen LogP contribution in [0.3, 0.4) is 0 Å². The van der Waals surface area contributed by atoms with E-state index in [-0.39, 0.29) is 6.10 Å². The maximum absolute atomic E-state index is 5.42. The molecule has 1 aromatic rings. The topological polar surface area (TPSA) is 49.9 Å². The Morgan fingerprint density at radius 2 is 2.25 bits per heavy atom. The van der Waals surface area contributed by atoms with Crippen molar-refractivity contribution < 1.29 is 4.74 Å². The Balaban J connectivity index is 2.55. The van der Waals surface area contributed by atoms with Gasteiger partial charge in [0.25, 0.3) is 0 Å². The summed E-state index contributed by atoms with van der Waals surface area (Å²) in [4.78, 5) is 7.67. The zero-order valence-electron chi connectivity index (χ0n) is 10.7. The third-order valence-corrected chi connectivity index (χ3v) is 2.52. The van der Waals surface area contributed by atoms with E-state index in [2.05, 4.69) is 36.1 Å². The van der Waals surface area contributed by atoms with Crippen LogP contribution < -0.4 is 5.32 Å². The average Bonchev–Trinajstić information content (AvgIpc) is 2.67. The van der Waals surface area contributed by atoms with Crippen LogP contribution in [0.4, 0.5) is 0 Å². The minimum absolute atomic E-state index is 0.0555. The van der Waals surface area contributed by atoms with Gasteiger partial charge < -0.3 is 15.0 Å². The van der Waals surface area contributed by atoms with Crippen molar-refractivity contribution in [2.45, 2.75) is 39.8 Å². The molecule has 0 aliphatic heterocycles. The van der Waals surface area contributed by atoms with Gasteiger partial charge in [-0.05, 0) is 18.9 Å². The number of H-pyrrole nitrogens is 1. The summed E-state index contributed by atoms with van der Waals surface area (Å²) < 4.78 is 5.42. The molecule has 0 radical (unpaired) electrons. The van der Waals surface area contributed by atoms with Crippen LogP contribution in [0.5, 0.6) is 0 Å². The van der Waals surface area contributed by atoms with Crippen LogP contribution in [0.25, 0.3) is 0 Å². The molecular formula is C12H23N3O. The smallest absolute Gasteiger partial charge is 0.135 e. The summed E-state index contributed by atoms with van der Waals surface area (Å²) in [6, 6.07) is 0. The molecule has 4 heteroatoms. The molecule has 0 fully saturated rings. The van der Waals surface area contributed by atoms with E-state index < -0.39 is 0 Å². The van der Waals surface area contributed by atoms with E-state index in [1.165, 1.54) is 0 Å². The van der Waals surface area contributed by atoms with Crippen molar-refractivity contribution in [1.29, 1.82) is 0 Å². The Morgan fingerprint density at radius 1 is 1.50 bits per heavy atom. The molecule has 0 aliphatic rings. The lowest BCUT2D eigenvalue weighted by Crippen LogP contribution is -2.14. The van der Waals surface area contributed by atoms with E-state index in [0.717, 1.165) is 31.0 Å². The van der Waals surface area contributed by atoms with Crippen molar-refractivity contribution in [2.24, 2.45) is 5.92 Å². The van der Waals surface area contributed by atoms with Crippen LogP contribution in [0.1, 0.15) is 44.8 Å². The number of nitrogens with one attached hydrogen (secondary N) is 2. The molecule has 1 heterocycles. The third-order valence-electron chi connectivity index (χ3n) is 2.52. The quantitative estimate of drug-likeness (QED) is 0.700. The van der Waals surface area contributed by atoms with Crippen molar-refractivity contribution in [3.63, 3.8) is 0 Å². The van der Waals surface area contributed by atoms with Gasteiger partial charge in [-0.1, -0.05) is 20.8 Å². The zero-order valence-corrected chi connectivity index (χ0v) is 10.7. The highest BCUT2D eigenvalue weighted by Gasteiger charge is 2.17. The minimum Gasteiger partial charge on any atom is -0.373 e. The minimum atomic E-state index is 0.0555. The Bertz CT molecular complexity index is 296. The highest BCUT2D eigenvalue weighted by Crippen LogP contribution is 2.21. The van der Waals surface area contributed by atoms with Crippen molar-refractivity contribution in [3.05, 3.63) is 17.7 Å². The lowest BCUT2D eigenvalue weighted by atomic mass is 10.1. The van der Waals surface area contributed by atoms with Crippen LogP contribution >= 0.6 is 0 Å². The highest BCUT2D eigenvalue weighted by atomic mass is 16.5. The zero-order chi connectivity index (χ0) is 12.0. The number of imidazole rings is 1. The second-order valence-corrected chi connectivity index (χ2v) is 4.37. The first-order valence-corrected chi connectivity index (χ1v) is 5.96. The summed E-state index contributed by atoms with van der Waals surface area (Å²) in [6.45, 7) is 8.30. The van der Waals surface area contributed by atoms with Gasteiger partial charge in [-0.2, -0.15) is 0 Å². The van der Waals surface area contributed by atoms with Crippen LogP contribution in [-0.4, -0.2) is 23.6 Å². The molecule has 0 bridgehead atoms. The summed E-state index contributed by atoms with van der Waals surface area (Å²) >= 11 is 0. The van der Waals surface area contributed by atoms with Gasteiger partial charge in [0.15, 0.2) is 0 Å². The molecular weight excluding hydrogens is 202 g/mol. The molecule has 1 rings (SSSR count). The number of hydrogen-bond acceptors (Lipinski definition) is 3. The molecule has 4 nitrogen and oxygen atoms in total. The molecule has 0 amide bonds. The van der Waals surface area contributed by atoms with Crippen LogP contribution in [-0.2, 0) is 11.3 Å². The standard InChI is InChI=1S/C12H23N3O/c1-5-6-13-7-10-8-14-12(15-10)11(16-4)9(2)3/h8-9,11,13H,5-7H2,1-4H3,(H,14,15). The molecule has 92 valence electrons. The van der Waals surface area contributed by atoms with E-state index in [0.29, 0.717) is 5.92 Å². The predicted octanol–water partition coefficient (Wildman–Crippen LogP) is 2.25. The molecule has 16 heavy (non-hydrogen) atoms. The monoisotopic (exact) mass is 225 g/mol. The second kappa shape index (κ2) is 6.66. The SMILES string of the molecule is CCCNCc1cnc(C(OC)C(C)C)[nH]1. The number of rotatable bonds is 7. The van der Waals surface area contributed by atoms with Gasteiger partial charge >= 0.3 is 0 Å². The van der Waals surface area contributed by atoms with Gasteiger partial charge in [-0.3, -0.25) is 0 Å². The molecule has 0 aromatic carbocycles. The first-order chi connectivity index (χ1) is 7.69. The number of nitrogens with zero attached hydrogens (tertiary/aromatic N) is 1. The lowest BCUT2D eigenvalue weighted by molar-refractivity contribution is 0.0581. The molecule has 1 aromatic heterocycles. The average molecular weight is 225 g/mol. The Labute approximate surface area is 97.8 Å². The maximum Gasteiger partial charge on any atom is 0.135 e. The molecule has 0 saturated carbocycles. The largest absolute Gasteiger partial charge is 0.373 e. The summed E-state index contributed by atoms with van der Waals surface area (Å²) in [7, 11) is 1.72. The summed E-state index contributed by atoms with van der Waals surface area (Å²) in [6.07, 6.45) is 3.08. The van der Waals surface area contributed by atoms with Gasteiger partial charge in [0.05, 0.1) is 0 Å². The van der Waals surface area contributed by atoms with Gasteiger partial charge in [0, 0.05) is 25.5 Å². The lowest BCUT2D eigenvalue weighted by Gasteiger charge is -2.16. The second-order valence-electron chi connectivity index (χ2n) is 4.37. The van der Waals surface area contributed by atoms with E-state index >= 15 is 0 Å². The highest BCUT2D eigenvalue weighted by molar-refractivity contribution is 5.04. The van der Waals surface area contributed by atoms with Crippen molar-refractivity contribution >= 4 is 0 Å². The predicted molar refractivity (Wildman–Crippen MR) is 65.2 cm³/mol. The fraction of sp³-hybridized carbons (Fsp3) is 0.750. The fourth-order valence-corrected chi connectivity index (χ4v) is 1.71. The van der Waals surface area contributed by atoms with E-state index in [4.69, 9.17) is 4.74 Å². The maximum atomic E-state index is 5.42. The van der Waals surface area contributed by atoms with Gasteiger partial charge in [0.2, 0.25) is 0 Å². The third kappa shape index (κ3) is 3.61. The molecule has 0 spiro atoms. The Hall–Kier alpha value is -0.870. The van der Waals surface area contributed by atoms with Crippen molar-refractivity contribution in [2.75, 3.05) is 13.7 Å². The van der Waals surface area contributed by atoms with Gasteiger partial charge in [-0.25, -0.2) is 4.98 Å². The summed E-state index contributed by atoms with van der Waals surface area (Å²) in [5.41, 5.74) is 1.12. The Morgan fingerprint density at radius 3 is 2.81 bits per heavy atom. The van der Waals surface area contributed by atoms with E-state index in [1.54, 1.807) is 7.11 Å². The first kappa shape index (κ1) is 13.2. The fourth-order valence-electron chi connectivity index (χ4n) is 1.71. The normalized spacial score (nSPS) is 13.3. The van der Waals surface area contributed by atoms with Gasteiger partial charge in [0.1, 0.15) is 11.9 Å². The molecule has 1 atom stereocenters.